The number of benzene rings is 1. The van der Waals surface area contributed by atoms with Gasteiger partial charge in [0, 0.05) is 42.9 Å². The van der Waals surface area contributed by atoms with Crippen molar-refractivity contribution in [3.05, 3.63) is 48.3 Å². The standard InChI is InChI=1S/C21H27N5O3/c27-19(24-18-6-14-29-15-7-18)16-2-4-17(5-3-16)25-20(28)21(8-11-22-12-9-21)26-13-1-10-23-26/h1-5,10,13,18,22H,6-9,11-12,14-15H2,(H,24,27)(H,25,28). The third-order valence-electron chi connectivity index (χ3n) is 5.76. The molecule has 2 aliphatic heterocycles. The van der Waals surface area contributed by atoms with Crippen LogP contribution in [0.25, 0.3) is 0 Å². The first kappa shape index (κ1) is 19.6. The SMILES string of the molecule is O=C(NC1CCOCC1)c1ccc(NC(=O)C2(n3cccn3)CCNCC2)cc1. The fourth-order valence-electron chi connectivity index (χ4n) is 3.99. The molecule has 0 radical (unpaired) electrons. The molecule has 8 heteroatoms. The maximum Gasteiger partial charge on any atom is 0.252 e. The van der Waals surface area contributed by atoms with Gasteiger partial charge in [-0.1, -0.05) is 0 Å². The van der Waals surface area contributed by atoms with E-state index in [2.05, 4.69) is 21.0 Å². The van der Waals surface area contributed by atoms with Gasteiger partial charge in [-0.2, -0.15) is 5.10 Å². The molecule has 1 aromatic heterocycles. The molecule has 0 aliphatic carbocycles. The number of anilines is 1. The molecule has 1 aromatic carbocycles. The van der Waals surface area contributed by atoms with E-state index in [-0.39, 0.29) is 17.9 Å². The van der Waals surface area contributed by atoms with Crippen LogP contribution in [-0.2, 0) is 15.1 Å². The average molecular weight is 397 g/mol. The van der Waals surface area contributed by atoms with Crippen LogP contribution in [0.5, 0.6) is 0 Å². The van der Waals surface area contributed by atoms with Gasteiger partial charge >= 0.3 is 0 Å². The third kappa shape index (κ3) is 4.33. The fraction of sp³-hybridized carbons (Fsp3) is 0.476. The predicted molar refractivity (Wildman–Crippen MR) is 109 cm³/mol. The average Bonchev–Trinajstić information content (AvgIpc) is 3.31. The highest BCUT2D eigenvalue weighted by Gasteiger charge is 2.42. The molecule has 2 amide bonds. The van der Waals surface area contributed by atoms with Crippen molar-refractivity contribution in [3.63, 3.8) is 0 Å². The molecule has 2 fully saturated rings. The van der Waals surface area contributed by atoms with E-state index in [0.717, 1.165) is 25.9 Å². The van der Waals surface area contributed by atoms with Crippen LogP contribution in [0, 0.1) is 0 Å². The van der Waals surface area contributed by atoms with E-state index in [1.807, 2.05) is 12.3 Å². The number of amides is 2. The summed E-state index contributed by atoms with van der Waals surface area (Å²) in [5, 5.41) is 13.7. The van der Waals surface area contributed by atoms with Gasteiger partial charge in [0.05, 0.1) is 0 Å². The topological polar surface area (TPSA) is 97.3 Å². The Morgan fingerprint density at radius 3 is 2.52 bits per heavy atom. The Labute approximate surface area is 170 Å². The normalized spacial score (nSPS) is 19.4. The molecule has 3 N–H and O–H groups in total. The smallest absolute Gasteiger partial charge is 0.252 e. The number of piperidine rings is 1. The van der Waals surface area contributed by atoms with Crippen LogP contribution in [-0.4, -0.2) is 53.9 Å². The fourth-order valence-corrected chi connectivity index (χ4v) is 3.99. The van der Waals surface area contributed by atoms with Gasteiger partial charge in [0.2, 0.25) is 0 Å². The molecule has 0 saturated carbocycles. The summed E-state index contributed by atoms with van der Waals surface area (Å²) in [4.78, 5) is 25.6. The number of hydrogen-bond acceptors (Lipinski definition) is 5. The van der Waals surface area contributed by atoms with Crippen molar-refractivity contribution in [2.75, 3.05) is 31.6 Å². The lowest BCUT2D eigenvalue weighted by Crippen LogP contribution is -2.52. The number of hydrogen-bond donors (Lipinski definition) is 3. The molecule has 0 atom stereocenters. The first-order valence-corrected chi connectivity index (χ1v) is 10.2. The molecule has 0 bridgehead atoms. The second-order valence-electron chi connectivity index (χ2n) is 7.62. The number of aromatic nitrogens is 2. The molecular weight excluding hydrogens is 370 g/mol. The highest BCUT2D eigenvalue weighted by Crippen LogP contribution is 2.28. The van der Waals surface area contributed by atoms with Crippen molar-refractivity contribution in [1.82, 2.24) is 20.4 Å². The first-order chi connectivity index (χ1) is 14.2. The quantitative estimate of drug-likeness (QED) is 0.711. The second-order valence-corrected chi connectivity index (χ2v) is 7.62. The molecule has 154 valence electrons. The van der Waals surface area contributed by atoms with Gasteiger partial charge in [0.25, 0.3) is 11.8 Å². The maximum atomic E-state index is 13.2. The van der Waals surface area contributed by atoms with Crippen molar-refractivity contribution in [2.24, 2.45) is 0 Å². The Morgan fingerprint density at radius 1 is 1.14 bits per heavy atom. The van der Waals surface area contributed by atoms with Crippen molar-refractivity contribution >= 4 is 17.5 Å². The zero-order chi connectivity index (χ0) is 20.1. The summed E-state index contributed by atoms with van der Waals surface area (Å²) in [6, 6.07) is 9.02. The van der Waals surface area contributed by atoms with Gasteiger partial charge in [-0.3, -0.25) is 14.3 Å². The number of nitrogens with zero attached hydrogens (tertiary/aromatic N) is 2. The Balaban J connectivity index is 1.42. The molecule has 2 saturated heterocycles. The number of rotatable bonds is 5. The lowest BCUT2D eigenvalue weighted by Gasteiger charge is -2.36. The Hall–Kier alpha value is -2.71. The van der Waals surface area contributed by atoms with Gasteiger partial charge in [0.15, 0.2) is 0 Å². The van der Waals surface area contributed by atoms with E-state index >= 15 is 0 Å². The molecule has 29 heavy (non-hydrogen) atoms. The van der Waals surface area contributed by atoms with Crippen molar-refractivity contribution in [3.8, 4) is 0 Å². The zero-order valence-electron chi connectivity index (χ0n) is 16.4. The van der Waals surface area contributed by atoms with E-state index in [1.165, 1.54) is 0 Å². The lowest BCUT2D eigenvalue weighted by atomic mass is 9.87. The highest BCUT2D eigenvalue weighted by atomic mass is 16.5. The molecule has 8 nitrogen and oxygen atoms in total. The highest BCUT2D eigenvalue weighted by molar-refractivity contribution is 5.98. The number of nitrogens with one attached hydrogen (secondary N) is 3. The van der Waals surface area contributed by atoms with E-state index in [4.69, 9.17) is 4.74 Å². The third-order valence-corrected chi connectivity index (χ3v) is 5.76. The summed E-state index contributed by atoms with van der Waals surface area (Å²) in [5.74, 6) is -0.178. The second kappa shape index (κ2) is 8.75. The molecular formula is C21H27N5O3. The van der Waals surface area contributed by atoms with Crippen LogP contribution in [0.1, 0.15) is 36.0 Å². The van der Waals surface area contributed by atoms with Crippen molar-refractivity contribution < 1.29 is 14.3 Å². The summed E-state index contributed by atoms with van der Waals surface area (Å²) in [5.41, 5.74) is 0.550. The van der Waals surface area contributed by atoms with E-state index in [9.17, 15) is 9.59 Å². The van der Waals surface area contributed by atoms with E-state index in [1.54, 1.807) is 35.1 Å². The van der Waals surface area contributed by atoms with Crippen molar-refractivity contribution in [1.29, 1.82) is 0 Å². The van der Waals surface area contributed by atoms with Gasteiger partial charge in [-0.25, -0.2) is 0 Å². The summed E-state index contributed by atoms with van der Waals surface area (Å²) in [7, 11) is 0. The summed E-state index contributed by atoms with van der Waals surface area (Å²) < 4.78 is 7.09. The largest absolute Gasteiger partial charge is 0.381 e. The molecule has 0 spiro atoms. The number of ether oxygens (including phenoxy) is 1. The predicted octanol–water partition coefficient (Wildman–Crippen LogP) is 1.51. The van der Waals surface area contributed by atoms with Crippen molar-refractivity contribution in [2.45, 2.75) is 37.3 Å². The monoisotopic (exact) mass is 397 g/mol. The molecule has 4 rings (SSSR count). The van der Waals surface area contributed by atoms with Crippen LogP contribution in [0.2, 0.25) is 0 Å². The first-order valence-electron chi connectivity index (χ1n) is 10.2. The maximum absolute atomic E-state index is 13.2. The summed E-state index contributed by atoms with van der Waals surface area (Å²) in [6.45, 7) is 2.89. The summed E-state index contributed by atoms with van der Waals surface area (Å²) in [6.07, 6.45) is 6.56. The van der Waals surface area contributed by atoms with Crippen LogP contribution < -0.4 is 16.0 Å². The molecule has 3 heterocycles. The molecule has 2 aliphatic rings. The zero-order valence-corrected chi connectivity index (χ0v) is 16.4. The van der Waals surface area contributed by atoms with Gasteiger partial charge < -0.3 is 20.7 Å². The van der Waals surface area contributed by atoms with Gasteiger partial charge in [-0.15, -0.1) is 0 Å². The Bertz CT molecular complexity index is 823. The van der Waals surface area contributed by atoms with Crippen LogP contribution in [0.3, 0.4) is 0 Å². The van der Waals surface area contributed by atoms with Crippen LogP contribution in [0.4, 0.5) is 5.69 Å². The van der Waals surface area contributed by atoms with Gasteiger partial charge in [0.1, 0.15) is 5.54 Å². The Morgan fingerprint density at radius 2 is 1.86 bits per heavy atom. The van der Waals surface area contributed by atoms with E-state index in [0.29, 0.717) is 37.3 Å². The minimum Gasteiger partial charge on any atom is -0.381 e. The number of carbonyl (C=O) groups excluding carboxylic acids is 2. The van der Waals surface area contributed by atoms with Crippen LogP contribution >= 0.6 is 0 Å². The molecule has 0 unspecified atom stereocenters. The minimum atomic E-state index is -0.701. The van der Waals surface area contributed by atoms with Crippen LogP contribution in [0.15, 0.2) is 42.7 Å². The Kier molecular flexibility index (Phi) is 5.92. The van der Waals surface area contributed by atoms with E-state index < -0.39 is 5.54 Å². The van der Waals surface area contributed by atoms with Gasteiger partial charge in [-0.05, 0) is 69.1 Å². The minimum absolute atomic E-state index is 0.0814. The molecule has 2 aromatic rings. The lowest BCUT2D eigenvalue weighted by molar-refractivity contribution is -0.126. The number of carbonyl (C=O) groups is 2. The summed E-state index contributed by atoms with van der Waals surface area (Å²) >= 11 is 0.